The molecule has 0 bridgehead atoms. The molecule has 0 aliphatic carbocycles. The van der Waals surface area contributed by atoms with Gasteiger partial charge in [-0.05, 0) is 12.1 Å². The Bertz CT molecular complexity index is 463. The Morgan fingerprint density at radius 3 is 3.08 bits per heavy atom. The summed E-state index contributed by atoms with van der Waals surface area (Å²) >= 11 is 0. The number of imidazole rings is 1. The number of hydrogen-bond acceptors (Lipinski definition) is 2. The summed E-state index contributed by atoms with van der Waals surface area (Å²) in [7, 11) is 0. The predicted molar refractivity (Wildman–Crippen MR) is 46.1 cm³/mol. The molecule has 0 spiro atoms. The summed E-state index contributed by atoms with van der Waals surface area (Å²) in [5.74, 6) is 5.55. The third-order valence-electron chi connectivity index (χ3n) is 1.69. The maximum absolute atomic E-state index is 6.80. The Labute approximate surface area is 69.0 Å². The minimum absolute atomic E-state index is 0.578. The van der Waals surface area contributed by atoms with Crippen LogP contribution in [-0.4, -0.2) is 9.66 Å². The average Bonchev–Trinajstić information content (AvgIpc) is 2.47. The Kier molecular flexibility index (Phi) is 1.25. The number of nitrogen functional groups attached to an aromatic ring is 1. The monoisotopic (exact) mass is 158 g/mol. The van der Waals surface area contributed by atoms with E-state index in [1.54, 1.807) is 18.2 Å². The minimum Gasteiger partial charge on any atom is -0.338 e. The smallest absolute Gasteiger partial charge is 0.189 e. The summed E-state index contributed by atoms with van der Waals surface area (Å²) in [6.07, 6.45) is 1.53. The fourth-order valence-electron chi connectivity index (χ4n) is 1.08. The van der Waals surface area contributed by atoms with Crippen LogP contribution in [0.2, 0.25) is 0 Å². The lowest BCUT2D eigenvalue weighted by Crippen LogP contribution is -2.04. The van der Waals surface area contributed by atoms with E-state index in [1.807, 2.05) is 0 Å². The van der Waals surface area contributed by atoms with Crippen LogP contribution in [0.4, 0.5) is 5.69 Å². The molecule has 2 rings (SSSR count). The van der Waals surface area contributed by atoms with Crippen LogP contribution < -0.4 is 5.84 Å². The van der Waals surface area contributed by atoms with Crippen molar-refractivity contribution in [1.29, 1.82) is 0 Å². The van der Waals surface area contributed by atoms with Gasteiger partial charge in [0.05, 0.1) is 17.6 Å². The molecule has 58 valence electrons. The normalized spacial score (nSPS) is 9.92. The third-order valence-corrected chi connectivity index (χ3v) is 1.69. The number of aromatic nitrogens is 2. The number of nitrogens with zero attached hydrogens (tertiary/aromatic N) is 3. The van der Waals surface area contributed by atoms with E-state index in [4.69, 9.17) is 12.4 Å². The Morgan fingerprint density at radius 1 is 1.50 bits per heavy atom. The van der Waals surface area contributed by atoms with Gasteiger partial charge in [0.25, 0.3) is 0 Å². The zero-order valence-electron chi connectivity index (χ0n) is 6.23. The summed E-state index contributed by atoms with van der Waals surface area (Å²) in [5.41, 5.74) is 2.17. The molecule has 12 heavy (non-hydrogen) atoms. The molecule has 0 radical (unpaired) electrons. The molecule has 0 atom stereocenters. The van der Waals surface area contributed by atoms with Gasteiger partial charge in [0.1, 0.15) is 6.33 Å². The fraction of sp³-hybridized carbons (Fsp3) is 0. The molecule has 0 saturated carbocycles. The van der Waals surface area contributed by atoms with Crippen molar-refractivity contribution >= 4 is 16.7 Å². The van der Waals surface area contributed by atoms with Crippen LogP contribution in [-0.2, 0) is 0 Å². The first kappa shape index (κ1) is 6.68. The first-order valence-corrected chi connectivity index (χ1v) is 3.41. The van der Waals surface area contributed by atoms with Gasteiger partial charge in [-0.15, -0.1) is 0 Å². The van der Waals surface area contributed by atoms with Crippen molar-refractivity contribution in [3.05, 3.63) is 35.9 Å². The third kappa shape index (κ3) is 0.805. The second-order valence-corrected chi connectivity index (χ2v) is 2.44. The number of benzene rings is 1. The van der Waals surface area contributed by atoms with E-state index in [1.165, 1.54) is 11.0 Å². The minimum atomic E-state index is 0.578. The van der Waals surface area contributed by atoms with Crippen molar-refractivity contribution in [2.75, 3.05) is 5.84 Å². The highest BCUT2D eigenvalue weighted by atomic mass is 15.3. The van der Waals surface area contributed by atoms with Crippen LogP contribution in [0.1, 0.15) is 0 Å². The molecular weight excluding hydrogens is 152 g/mol. The van der Waals surface area contributed by atoms with Crippen molar-refractivity contribution in [3.63, 3.8) is 0 Å². The van der Waals surface area contributed by atoms with E-state index in [2.05, 4.69) is 9.83 Å². The van der Waals surface area contributed by atoms with Crippen LogP contribution >= 0.6 is 0 Å². The van der Waals surface area contributed by atoms with Gasteiger partial charge in [-0.1, -0.05) is 6.07 Å². The standard InChI is InChI=1S/C8H6N4/c1-10-6-2-3-7-8(4-6)12(9)5-11-7/h2-5H,9H2. The summed E-state index contributed by atoms with van der Waals surface area (Å²) in [4.78, 5) is 7.32. The van der Waals surface area contributed by atoms with Crippen molar-refractivity contribution in [2.45, 2.75) is 0 Å². The van der Waals surface area contributed by atoms with E-state index in [0.717, 1.165) is 11.0 Å². The number of rotatable bonds is 0. The second kappa shape index (κ2) is 2.24. The molecule has 0 saturated heterocycles. The molecule has 1 aromatic heterocycles. The van der Waals surface area contributed by atoms with E-state index in [-0.39, 0.29) is 0 Å². The molecule has 0 aliphatic rings. The molecule has 2 aromatic rings. The lowest BCUT2D eigenvalue weighted by atomic mass is 10.3. The summed E-state index contributed by atoms with van der Waals surface area (Å²) in [6.45, 7) is 6.80. The largest absolute Gasteiger partial charge is 0.338 e. The van der Waals surface area contributed by atoms with Gasteiger partial charge in [-0.2, -0.15) is 0 Å². The van der Waals surface area contributed by atoms with Gasteiger partial charge in [-0.25, -0.2) is 9.83 Å². The highest BCUT2D eigenvalue weighted by Crippen LogP contribution is 2.18. The number of fused-ring (bicyclic) bond motifs is 1. The molecule has 4 nitrogen and oxygen atoms in total. The molecular formula is C8H6N4. The first-order valence-electron chi connectivity index (χ1n) is 3.41. The van der Waals surface area contributed by atoms with Crippen LogP contribution in [0, 0.1) is 6.57 Å². The lowest BCUT2D eigenvalue weighted by molar-refractivity contribution is 1.04. The van der Waals surface area contributed by atoms with Crippen molar-refractivity contribution < 1.29 is 0 Å². The highest BCUT2D eigenvalue weighted by molar-refractivity contribution is 5.79. The molecule has 4 heteroatoms. The van der Waals surface area contributed by atoms with Gasteiger partial charge >= 0.3 is 0 Å². The van der Waals surface area contributed by atoms with Crippen LogP contribution in [0.3, 0.4) is 0 Å². The quantitative estimate of drug-likeness (QED) is 0.464. The molecule has 1 aromatic carbocycles. The predicted octanol–water partition coefficient (Wildman–Crippen LogP) is 1.30. The van der Waals surface area contributed by atoms with Gasteiger partial charge in [0.15, 0.2) is 5.69 Å². The molecule has 0 unspecified atom stereocenters. The topological polar surface area (TPSA) is 48.2 Å². The first-order chi connectivity index (χ1) is 5.81. The summed E-state index contributed by atoms with van der Waals surface area (Å²) < 4.78 is 1.41. The van der Waals surface area contributed by atoms with Gasteiger partial charge < -0.3 is 5.84 Å². The maximum atomic E-state index is 6.80. The molecule has 2 N–H and O–H groups in total. The van der Waals surface area contributed by atoms with Crippen LogP contribution in [0.15, 0.2) is 24.5 Å². The van der Waals surface area contributed by atoms with Gasteiger partial charge in [0.2, 0.25) is 0 Å². The second-order valence-electron chi connectivity index (χ2n) is 2.44. The SMILES string of the molecule is [C-]#[N+]c1ccc2ncn(N)c2c1. The van der Waals surface area contributed by atoms with Gasteiger partial charge in [-0.3, -0.25) is 4.68 Å². The zero-order valence-corrected chi connectivity index (χ0v) is 6.23. The van der Waals surface area contributed by atoms with E-state index in [9.17, 15) is 0 Å². The van der Waals surface area contributed by atoms with Crippen molar-refractivity contribution in [3.8, 4) is 0 Å². The van der Waals surface area contributed by atoms with Crippen LogP contribution in [0.5, 0.6) is 0 Å². The Hall–Kier alpha value is -2.02. The lowest BCUT2D eigenvalue weighted by Gasteiger charge is -1.93. The van der Waals surface area contributed by atoms with E-state index in [0.29, 0.717) is 5.69 Å². The van der Waals surface area contributed by atoms with Gasteiger partial charge in [0, 0.05) is 0 Å². The molecule has 1 heterocycles. The Balaban J connectivity index is 2.82. The van der Waals surface area contributed by atoms with Crippen LogP contribution in [0.25, 0.3) is 15.9 Å². The number of hydrogen-bond donors (Lipinski definition) is 1. The highest BCUT2D eigenvalue weighted by Gasteiger charge is 1.99. The fourth-order valence-corrected chi connectivity index (χ4v) is 1.08. The average molecular weight is 158 g/mol. The molecule has 0 amide bonds. The zero-order chi connectivity index (χ0) is 8.55. The maximum Gasteiger partial charge on any atom is 0.189 e. The van der Waals surface area contributed by atoms with Crippen molar-refractivity contribution in [2.24, 2.45) is 0 Å². The van der Waals surface area contributed by atoms with Crippen molar-refractivity contribution in [1.82, 2.24) is 9.66 Å². The Morgan fingerprint density at radius 2 is 2.33 bits per heavy atom. The summed E-state index contributed by atoms with van der Waals surface area (Å²) in [5, 5.41) is 0. The van der Waals surface area contributed by atoms with E-state index < -0.39 is 0 Å². The number of nitrogens with two attached hydrogens (primary N) is 1. The van der Waals surface area contributed by atoms with E-state index >= 15 is 0 Å². The molecule has 0 fully saturated rings. The summed E-state index contributed by atoms with van der Waals surface area (Å²) in [6, 6.07) is 5.23. The molecule has 0 aliphatic heterocycles.